The molecule has 138 valence electrons. The third kappa shape index (κ3) is 3.95. The number of benzene rings is 1. The Morgan fingerprint density at radius 1 is 0.885 bits per heavy atom. The lowest BCUT2D eigenvalue weighted by Gasteiger charge is -2.13. The van der Waals surface area contributed by atoms with Gasteiger partial charge in [-0.2, -0.15) is 30.9 Å². The highest BCUT2D eigenvalue weighted by molar-refractivity contribution is 5.43. The molecular weight excluding hydrogens is 370 g/mol. The standard InChI is InChI=1S/C14H8F6N4O2/c15-13(16,17)7-25-8-3-1-2-4-9(8)26-11-6-5-10-21-22-12(14(18,19)20)24(10)23-11/h1-6H,7H2. The van der Waals surface area contributed by atoms with E-state index in [4.69, 9.17) is 4.74 Å². The third-order valence-electron chi connectivity index (χ3n) is 2.95. The molecule has 0 aliphatic rings. The monoisotopic (exact) mass is 378 g/mol. The van der Waals surface area contributed by atoms with Crippen LogP contribution in [-0.4, -0.2) is 32.6 Å². The summed E-state index contributed by atoms with van der Waals surface area (Å²) in [5.74, 6) is -2.07. The number of hydrogen-bond acceptors (Lipinski definition) is 5. The minimum atomic E-state index is -4.79. The van der Waals surface area contributed by atoms with E-state index in [0.717, 1.165) is 0 Å². The van der Waals surface area contributed by atoms with E-state index < -0.39 is 24.8 Å². The zero-order chi connectivity index (χ0) is 18.9. The van der Waals surface area contributed by atoms with Crippen LogP contribution in [-0.2, 0) is 6.18 Å². The van der Waals surface area contributed by atoms with Crippen LogP contribution in [0, 0.1) is 0 Å². The Kier molecular flexibility index (Phi) is 4.34. The Bertz CT molecular complexity index is 922. The molecule has 1 aromatic carbocycles. The molecule has 2 heterocycles. The van der Waals surface area contributed by atoms with Gasteiger partial charge in [0.15, 0.2) is 23.8 Å². The third-order valence-corrected chi connectivity index (χ3v) is 2.95. The van der Waals surface area contributed by atoms with E-state index in [1.54, 1.807) is 0 Å². The molecule has 0 saturated heterocycles. The molecule has 0 bridgehead atoms. The van der Waals surface area contributed by atoms with Gasteiger partial charge in [-0.15, -0.1) is 15.3 Å². The van der Waals surface area contributed by atoms with Crippen molar-refractivity contribution in [3.05, 3.63) is 42.2 Å². The second-order valence-electron chi connectivity index (χ2n) is 4.92. The number of rotatable bonds is 4. The van der Waals surface area contributed by atoms with Gasteiger partial charge in [0.25, 0.3) is 5.82 Å². The molecule has 3 aromatic rings. The molecule has 0 fully saturated rings. The van der Waals surface area contributed by atoms with Crippen molar-refractivity contribution in [2.24, 2.45) is 0 Å². The summed E-state index contributed by atoms with van der Waals surface area (Å²) in [6.45, 7) is -1.55. The number of halogens is 6. The van der Waals surface area contributed by atoms with Crippen LogP contribution in [0.25, 0.3) is 5.65 Å². The molecular formula is C14H8F6N4O2. The van der Waals surface area contributed by atoms with Gasteiger partial charge < -0.3 is 9.47 Å². The number of aromatic nitrogens is 4. The summed E-state index contributed by atoms with van der Waals surface area (Å²) in [5.41, 5.74) is -0.175. The Morgan fingerprint density at radius 3 is 2.23 bits per heavy atom. The predicted octanol–water partition coefficient (Wildman–Crippen LogP) is 3.88. The molecule has 0 N–H and O–H groups in total. The van der Waals surface area contributed by atoms with Crippen molar-refractivity contribution in [2.75, 3.05) is 6.61 Å². The van der Waals surface area contributed by atoms with Crippen molar-refractivity contribution in [2.45, 2.75) is 12.4 Å². The van der Waals surface area contributed by atoms with Crippen LogP contribution in [0.3, 0.4) is 0 Å². The summed E-state index contributed by atoms with van der Waals surface area (Å²) in [4.78, 5) is 0. The highest BCUT2D eigenvalue weighted by Crippen LogP contribution is 2.32. The fourth-order valence-corrected chi connectivity index (χ4v) is 1.93. The molecule has 0 aliphatic carbocycles. The number of alkyl halides is 6. The van der Waals surface area contributed by atoms with Crippen molar-refractivity contribution in [1.82, 2.24) is 19.8 Å². The first-order valence-corrected chi connectivity index (χ1v) is 6.89. The van der Waals surface area contributed by atoms with Crippen molar-refractivity contribution in [3.63, 3.8) is 0 Å². The highest BCUT2D eigenvalue weighted by Gasteiger charge is 2.37. The molecule has 0 spiro atoms. The van der Waals surface area contributed by atoms with Gasteiger partial charge in [-0.3, -0.25) is 0 Å². The lowest BCUT2D eigenvalue weighted by molar-refractivity contribution is -0.153. The van der Waals surface area contributed by atoms with Crippen LogP contribution >= 0.6 is 0 Å². The molecule has 0 atom stereocenters. The van der Waals surface area contributed by atoms with E-state index in [2.05, 4.69) is 20.0 Å². The lowest BCUT2D eigenvalue weighted by Crippen LogP contribution is -2.19. The first-order chi connectivity index (χ1) is 12.1. The Balaban J connectivity index is 1.90. The van der Waals surface area contributed by atoms with Crippen LogP contribution in [0.2, 0.25) is 0 Å². The summed E-state index contributed by atoms with van der Waals surface area (Å²) in [6, 6.07) is 7.74. The Hall–Kier alpha value is -3.05. The van der Waals surface area contributed by atoms with Crippen molar-refractivity contribution in [1.29, 1.82) is 0 Å². The van der Waals surface area contributed by atoms with E-state index in [-0.39, 0.29) is 23.0 Å². The van der Waals surface area contributed by atoms with Gasteiger partial charge in [0.05, 0.1) is 0 Å². The Morgan fingerprint density at radius 2 is 1.58 bits per heavy atom. The second kappa shape index (κ2) is 6.35. The van der Waals surface area contributed by atoms with Crippen LogP contribution in [0.5, 0.6) is 17.4 Å². The van der Waals surface area contributed by atoms with Gasteiger partial charge in [0.1, 0.15) is 0 Å². The van der Waals surface area contributed by atoms with E-state index in [9.17, 15) is 26.3 Å². The van der Waals surface area contributed by atoms with Crippen LogP contribution < -0.4 is 9.47 Å². The highest BCUT2D eigenvalue weighted by atomic mass is 19.4. The van der Waals surface area contributed by atoms with Gasteiger partial charge in [-0.05, 0) is 18.2 Å². The number of para-hydroxylation sites is 2. The zero-order valence-corrected chi connectivity index (χ0v) is 12.5. The SMILES string of the molecule is FC(F)(F)COc1ccccc1Oc1ccc2nnc(C(F)(F)F)n2n1. The number of fused-ring (bicyclic) bond motifs is 1. The fourth-order valence-electron chi connectivity index (χ4n) is 1.93. The zero-order valence-electron chi connectivity index (χ0n) is 12.5. The van der Waals surface area contributed by atoms with E-state index in [1.165, 1.54) is 36.4 Å². The van der Waals surface area contributed by atoms with E-state index in [0.29, 0.717) is 4.52 Å². The summed E-state index contributed by atoms with van der Waals surface area (Å²) >= 11 is 0. The average molecular weight is 378 g/mol. The minimum Gasteiger partial charge on any atom is -0.480 e. The first kappa shape index (κ1) is 17.8. The molecule has 6 nitrogen and oxygen atoms in total. The summed E-state index contributed by atoms with van der Waals surface area (Å²) < 4.78 is 85.8. The van der Waals surface area contributed by atoms with Gasteiger partial charge >= 0.3 is 12.4 Å². The topological polar surface area (TPSA) is 61.5 Å². The van der Waals surface area contributed by atoms with Gasteiger partial charge in [-0.1, -0.05) is 12.1 Å². The van der Waals surface area contributed by atoms with Crippen molar-refractivity contribution >= 4 is 5.65 Å². The van der Waals surface area contributed by atoms with Crippen LogP contribution in [0.4, 0.5) is 26.3 Å². The minimum absolute atomic E-state index is 0.148. The maximum absolute atomic E-state index is 12.9. The van der Waals surface area contributed by atoms with Crippen molar-refractivity contribution in [3.8, 4) is 17.4 Å². The lowest BCUT2D eigenvalue weighted by atomic mass is 10.3. The van der Waals surface area contributed by atoms with E-state index >= 15 is 0 Å². The number of hydrogen-bond donors (Lipinski definition) is 0. The average Bonchev–Trinajstić information content (AvgIpc) is 2.96. The summed E-state index contributed by atoms with van der Waals surface area (Å²) in [6.07, 6.45) is -9.35. The van der Waals surface area contributed by atoms with Gasteiger partial charge in [0.2, 0.25) is 5.88 Å². The molecule has 0 unspecified atom stereocenters. The summed E-state index contributed by atoms with van der Waals surface area (Å²) in [5, 5.41) is 9.96. The largest absolute Gasteiger partial charge is 0.480 e. The molecule has 0 saturated carbocycles. The van der Waals surface area contributed by atoms with E-state index in [1.807, 2.05) is 0 Å². The van der Waals surface area contributed by atoms with Crippen LogP contribution in [0.1, 0.15) is 5.82 Å². The molecule has 26 heavy (non-hydrogen) atoms. The van der Waals surface area contributed by atoms with Gasteiger partial charge in [0, 0.05) is 6.07 Å². The molecule has 0 radical (unpaired) electrons. The molecule has 3 rings (SSSR count). The number of nitrogens with zero attached hydrogens (tertiary/aromatic N) is 4. The molecule has 12 heteroatoms. The normalized spacial score (nSPS) is 12.4. The fraction of sp³-hybridized carbons (Fsp3) is 0.214. The van der Waals surface area contributed by atoms with Gasteiger partial charge in [-0.25, -0.2) is 0 Å². The molecule has 0 amide bonds. The molecule has 0 aliphatic heterocycles. The maximum atomic E-state index is 12.9. The van der Waals surface area contributed by atoms with Crippen molar-refractivity contribution < 1.29 is 35.8 Å². The number of ether oxygens (including phenoxy) is 2. The maximum Gasteiger partial charge on any atom is 0.453 e. The molecule has 2 aromatic heterocycles. The summed E-state index contributed by atoms with van der Waals surface area (Å²) in [7, 11) is 0. The van der Waals surface area contributed by atoms with Crippen LogP contribution in [0.15, 0.2) is 36.4 Å². The predicted molar refractivity (Wildman–Crippen MR) is 73.9 cm³/mol. The Labute approximate surface area is 141 Å². The first-order valence-electron chi connectivity index (χ1n) is 6.89. The smallest absolute Gasteiger partial charge is 0.453 e. The quantitative estimate of drug-likeness (QED) is 0.645. The second-order valence-corrected chi connectivity index (χ2v) is 4.92.